The van der Waals surface area contributed by atoms with Crippen LogP contribution in [0.1, 0.15) is 25.0 Å². The zero-order valence-corrected chi connectivity index (χ0v) is 14.6. The van der Waals surface area contributed by atoms with Gasteiger partial charge in [0.2, 0.25) is 11.8 Å². The molecule has 0 fully saturated rings. The van der Waals surface area contributed by atoms with E-state index in [1.54, 1.807) is 24.3 Å². The first-order valence-corrected chi connectivity index (χ1v) is 8.40. The fraction of sp³-hybridized carbons (Fsp3) is 0.188. The number of hydrogen-bond donors (Lipinski definition) is 1. The average molecular weight is 374 g/mol. The molecule has 1 aromatic carbocycles. The van der Waals surface area contributed by atoms with E-state index in [-0.39, 0.29) is 17.5 Å². The number of hydrogen-bond acceptors (Lipinski definition) is 7. The van der Waals surface area contributed by atoms with Crippen molar-refractivity contribution in [2.75, 3.05) is 0 Å². The summed E-state index contributed by atoms with van der Waals surface area (Å²) < 4.78 is 5.82. The Kier molecular flexibility index (Phi) is 4.76. The second-order valence-electron chi connectivity index (χ2n) is 5.43. The first-order chi connectivity index (χ1) is 12.3. The van der Waals surface area contributed by atoms with Gasteiger partial charge in [-0.05, 0) is 24.3 Å². The molecule has 0 aliphatic carbocycles. The zero-order valence-electron chi connectivity index (χ0n) is 13.8. The Morgan fingerprint density at radius 3 is 2.50 bits per heavy atom. The maximum absolute atomic E-state index is 11.8. The molecular formula is C16H14N4O5S. The van der Waals surface area contributed by atoms with Gasteiger partial charge in [-0.2, -0.15) is 0 Å². The number of nitro groups is 1. The number of amides is 2. The quantitative estimate of drug-likeness (QED) is 0.652. The van der Waals surface area contributed by atoms with Crippen molar-refractivity contribution in [1.82, 2.24) is 10.3 Å². The third-order valence-electron chi connectivity index (χ3n) is 3.48. The average Bonchev–Trinajstić information content (AvgIpc) is 3.21. The number of non-ortho nitro benzene ring substituents is 1. The number of carbonyl (C=O) groups excluding carboxylic acids is 2. The highest BCUT2D eigenvalue weighted by atomic mass is 32.2. The lowest BCUT2D eigenvalue weighted by molar-refractivity contribution is -0.384. The Morgan fingerprint density at radius 1 is 1.23 bits per heavy atom. The van der Waals surface area contributed by atoms with Crippen LogP contribution in [0.15, 0.2) is 45.9 Å². The van der Waals surface area contributed by atoms with Crippen molar-refractivity contribution in [2.24, 2.45) is 5.10 Å². The first-order valence-electron chi connectivity index (χ1n) is 7.52. The molecule has 0 saturated heterocycles. The zero-order chi connectivity index (χ0) is 18.8. The van der Waals surface area contributed by atoms with Gasteiger partial charge in [0, 0.05) is 31.5 Å². The predicted molar refractivity (Wildman–Crippen MR) is 94.9 cm³/mol. The molecule has 26 heavy (non-hydrogen) atoms. The summed E-state index contributed by atoms with van der Waals surface area (Å²) in [7, 11) is 0. The topological polar surface area (TPSA) is 118 Å². The van der Waals surface area contributed by atoms with Crippen LogP contribution in [-0.2, 0) is 9.59 Å². The van der Waals surface area contributed by atoms with Crippen LogP contribution in [0.2, 0.25) is 0 Å². The summed E-state index contributed by atoms with van der Waals surface area (Å²) in [6.07, 6.45) is 0. The lowest BCUT2D eigenvalue weighted by Crippen LogP contribution is -2.25. The number of nitro benzene ring substituents is 1. The molecule has 1 aromatic heterocycles. The normalized spacial score (nSPS) is 16.3. The van der Waals surface area contributed by atoms with Gasteiger partial charge in [0.15, 0.2) is 10.5 Å². The van der Waals surface area contributed by atoms with Crippen LogP contribution in [0.4, 0.5) is 5.69 Å². The molecule has 134 valence electrons. The van der Waals surface area contributed by atoms with Gasteiger partial charge in [-0.1, -0.05) is 11.8 Å². The highest BCUT2D eigenvalue weighted by Crippen LogP contribution is 2.40. The molecule has 3 rings (SSSR count). The molecule has 0 spiro atoms. The Labute approximate surface area is 152 Å². The van der Waals surface area contributed by atoms with E-state index in [2.05, 4.69) is 10.4 Å². The van der Waals surface area contributed by atoms with Crippen LogP contribution >= 0.6 is 11.8 Å². The van der Waals surface area contributed by atoms with E-state index in [9.17, 15) is 19.7 Å². The number of furan rings is 1. The molecular weight excluding hydrogens is 360 g/mol. The molecule has 2 heterocycles. The molecule has 0 bridgehead atoms. The molecule has 0 radical (unpaired) electrons. The molecule has 10 heteroatoms. The smallest absolute Gasteiger partial charge is 0.269 e. The van der Waals surface area contributed by atoms with Crippen molar-refractivity contribution in [2.45, 2.75) is 19.2 Å². The number of nitrogens with zero attached hydrogens (tertiary/aromatic N) is 3. The number of hydrazone groups is 1. The third-order valence-corrected chi connectivity index (χ3v) is 4.54. The van der Waals surface area contributed by atoms with Crippen molar-refractivity contribution in [3.05, 3.63) is 52.3 Å². The number of rotatable bonds is 3. The predicted octanol–water partition coefficient (Wildman–Crippen LogP) is 2.86. The monoisotopic (exact) mass is 374 g/mol. The maximum atomic E-state index is 11.8. The van der Waals surface area contributed by atoms with Crippen molar-refractivity contribution in [1.29, 1.82) is 0 Å². The summed E-state index contributed by atoms with van der Waals surface area (Å²) in [5, 5.41) is 18.4. The summed E-state index contributed by atoms with van der Waals surface area (Å²) in [4.78, 5) is 33.3. The van der Waals surface area contributed by atoms with Gasteiger partial charge < -0.3 is 9.73 Å². The second kappa shape index (κ2) is 7.00. The maximum Gasteiger partial charge on any atom is 0.269 e. The number of thioether (sulfide) groups is 1. The van der Waals surface area contributed by atoms with Gasteiger partial charge in [-0.15, -0.1) is 5.10 Å². The van der Waals surface area contributed by atoms with Crippen LogP contribution in [0.25, 0.3) is 11.3 Å². The largest absolute Gasteiger partial charge is 0.458 e. The van der Waals surface area contributed by atoms with Crippen molar-refractivity contribution in [3.63, 3.8) is 0 Å². The van der Waals surface area contributed by atoms with Gasteiger partial charge in [0.1, 0.15) is 11.5 Å². The second-order valence-corrected chi connectivity index (χ2v) is 6.50. The van der Waals surface area contributed by atoms with E-state index in [0.29, 0.717) is 22.3 Å². The van der Waals surface area contributed by atoms with Crippen LogP contribution in [0.5, 0.6) is 0 Å². The Hall–Kier alpha value is -3.14. The Balaban J connectivity index is 1.83. The molecule has 9 nitrogen and oxygen atoms in total. The lowest BCUT2D eigenvalue weighted by Gasteiger charge is -2.16. The number of carbonyl (C=O) groups is 2. The Bertz CT molecular complexity index is 906. The number of benzene rings is 1. The molecule has 1 aliphatic heterocycles. The molecule has 0 saturated carbocycles. The standard InChI is InChI=1S/C16H14N4O5S/c1-9(21)17-16-18-19(10(2)22)15(26-16)14-8-7-13(25-14)11-3-5-12(6-4-11)20(23)24/h3-8,15H,1-2H3,(H,17,18,21). The van der Waals surface area contributed by atoms with Gasteiger partial charge in [-0.3, -0.25) is 19.7 Å². The van der Waals surface area contributed by atoms with E-state index in [1.165, 1.54) is 42.8 Å². The molecule has 1 unspecified atom stereocenters. The summed E-state index contributed by atoms with van der Waals surface area (Å²) >= 11 is 1.18. The van der Waals surface area contributed by atoms with E-state index in [4.69, 9.17) is 4.42 Å². The van der Waals surface area contributed by atoms with Gasteiger partial charge in [-0.25, -0.2) is 5.01 Å². The minimum atomic E-state index is -0.541. The minimum Gasteiger partial charge on any atom is -0.458 e. The van der Waals surface area contributed by atoms with E-state index < -0.39 is 10.3 Å². The van der Waals surface area contributed by atoms with Gasteiger partial charge in [0.05, 0.1) is 4.92 Å². The summed E-state index contributed by atoms with van der Waals surface area (Å²) in [6.45, 7) is 2.72. The highest BCUT2D eigenvalue weighted by molar-refractivity contribution is 8.14. The van der Waals surface area contributed by atoms with Crippen molar-refractivity contribution < 1.29 is 18.9 Å². The summed E-state index contributed by atoms with van der Waals surface area (Å²) in [5.74, 6) is 0.400. The van der Waals surface area contributed by atoms with Crippen LogP contribution < -0.4 is 5.32 Å². The van der Waals surface area contributed by atoms with Crippen LogP contribution in [0, 0.1) is 10.1 Å². The fourth-order valence-electron chi connectivity index (χ4n) is 2.34. The minimum absolute atomic E-state index is 0.0111. The first kappa shape index (κ1) is 17.7. The van der Waals surface area contributed by atoms with Gasteiger partial charge in [0.25, 0.3) is 5.69 Å². The highest BCUT2D eigenvalue weighted by Gasteiger charge is 2.34. The molecule has 1 atom stereocenters. The van der Waals surface area contributed by atoms with E-state index in [0.717, 1.165) is 0 Å². The summed E-state index contributed by atoms with van der Waals surface area (Å²) in [6, 6.07) is 9.38. The van der Waals surface area contributed by atoms with Gasteiger partial charge >= 0.3 is 0 Å². The molecule has 1 N–H and O–H groups in total. The van der Waals surface area contributed by atoms with E-state index >= 15 is 0 Å². The third kappa shape index (κ3) is 3.59. The lowest BCUT2D eigenvalue weighted by atomic mass is 10.1. The fourth-order valence-corrected chi connectivity index (χ4v) is 3.42. The Morgan fingerprint density at radius 2 is 1.92 bits per heavy atom. The van der Waals surface area contributed by atoms with Crippen molar-refractivity contribution in [3.8, 4) is 11.3 Å². The molecule has 1 aliphatic rings. The van der Waals surface area contributed by atoms with Crippen molar-refractivity contribution >= 4 is 34.4 Å². The molecule has 2 aromatic rings. The SMILES string of the molecule is CC(=O)NC1=NN(C(C)=O)C(c2ccc(-c3ccc([N+](=O)[O-])cc3)o2)S1. The number of nitrogens with one attached hydrogen (secondary N) is 1. The number of amidine groups is 1. The van der Waals surface area contributed by atoms with Crippen LogP contribution in [0.3, 0.4) is 0 Å². The molecule has 2 amide bonds. The summed E-state index contributed by atoms with van der Waals surface area (Å²) in [5.41, 5.74) is 0.658. The van der Waals surface area contributed by atoms with E-state index in [1.807, 2.05) is 0 Å². The van der Waals surface area contributed by atoms with Crippen LogP contribution in [-0.4, -0.2) is 26.9 Å².